The van der Waals surface area contributed by atoms with Gasteiger partial charge in [0.1, 0.15) is 11.6 Å². The topological polar surface area (TPSA) is 88.5 Å². The third-order valence-corrected chi connectivity index (χ3v) is 9.42. The van der Waals surface area contributed by atoms with Crippen LogP contribution in [0.3, 0.4) is 0 Å². The quantitative estimate of drug-likeness (QED) is 0.168. The second-order valence-corrected chi connectivity index (χ2v) is 14.1. The minimum Gasteiger partial charge on any atom is -0.435 e. The fourth-order valence-electron chi connectivity index (χ4n) is 7.00. The van der Waals surface area contributed by atoms with E-state index in [1.807, 2.05) is 55.5 Å². The molecule has 252 valence electrons. The van der Waals surface area contributed by atoms with Crippen molar-refractivity contribution in [2.45, 2.75) is 83.9 Å². The molecule has 6 rings (SSSR count). The van der Waals surface area contributed by atoms with Gasteiger partial charge in [-0.15, -0.1) is 0 Å². The Hall–Kier alpha value is -4.57. The van der Waals surface area contributed by atoms with Gasteiger partial charge in [0.2, 0.25) is 0 Å². The Labute approximate surface area is 280 Å². The first kappa shape index (κ1) is 33.3. The van der Waals surface area contributed by atoms with Crippen LogP contribution in [0.4, 0.5) is 25.1 Å². The number of ketones is 1. The number of urea groups is 1. The predicted octanol–water partition coefficient (Wildman–Crippen LogP) is 8.39. The van der Waals surface area contributed by atoms with E-state index in [4.69, 9.17) is 5.10 Å². The van der Waals surface area contributed by atoms with Crippen LogP contribution in [0.15, 0.2) is 78.9 Å². The molecule has 2 fully saturated rings. The number of carbonyl (C=O) groups excluding carboxylic acids is 2. The van der Waals surface area contributed by atoms with Gasteiger partial charge in [-0.1, -0.05) is 50.6 Å². The molecule has 8 nitrogen and oxygen atoms in total. The molecule has 10 heteroatoms. The molecular formula is C38H43F2N5O3. The molecule has 2 aliphatic rings. The van der Waals surface area contributed by atoms with Crippen molar-refractivity contribution in [1.29, 1.82) is 0 Å². The summed E-state index contributed by atoms with van der Waals surface area (Å²) in [6.07, 6.45) is 5.03. The third-order valence-electron chi connectivity index (χ3n) is 9.42. The summed E-state index contributed by atoms with van der Waals surface area (Å²) in [5, 5.41) is 10.8. The lowest BCUT2D eigenvalue weighted by Crippen LogP contribution is -2.45. The maximum absolute atomic E-state index is 13.2. The summed E-state index contributed by atoms with van der Waals surface area (Å²) < 4.78 is 31.1. The van der Waals surface area contributed by atoms with Crippen LogP contribution in [-0.2, 0) is 11.8 Å². The number of hydrogen-bond donors (Lipinski definition) is 2. The van der Waals surface area contributed by atoms with Crippen molar-refractivity contribution in [1.82, 2.24) is 14.7 Å². The molecule has 0 aliphatic carbocycles. The summed E-state index contributed by atoms with van der Waals surface area (Å²) in [7, 11) is 0. The molecule has 2 unspecified atom stereocenters. The standard InChI is InChI=1S/C38H43F2N5O3/c1-24-8-12-29(13-9-24)45-35(22-34(43-45)38(2,3)4)42-37(47)41-28-7-5-6-25(19-28)18-26-20-30-14-15-31(21-26)44(30)23-33(46)27-10-16-32(17-11-27)48-36(39)40/h5-13,16-17,19,22,26,30-31,36H,14-15,18,20-21,23H2,1-4H3,(H2,41,42,47). The molecule has 0 spiro atoms. The number of carbonyl (C=O) groups is 2. The summed E-state index contributed by atoms with van der Waals surface area (Å²) in [4.78, 5) is 28.6. The predicted molar refractivity (Wildman–Crippen MR) is 183 cm³/mol. The van der Waals surface area contributed by atoms with Crippen LogP contribution in [0.25, 0.3) is 5.69 Å². The first-order valence-electron chi connectivity index (χ1n) is 16.6. The number of Topliss-reactive ketones (excluding diaryl/α,β-unsaturated/α-hetero) is 1. The number of rotatable bonds is 10. The number of ether oxygens (including phenoxy) is 1. The number of aromatic nitrogens is 2. The van der Waals surface area contributed by atoms with Crippen LogP contribution < -0.4 is 15.4 Å². The number of hydrogen-bond acceptors (Lipinski definition) is 5. The van der Waals surface area contributed by atoms with E-state index >= 15 is 0 Å². The van der Waals surface area contributed by atoms with E-state index in [1.165, 1.54) is 12.1 Å². The molecule has 2 N–H and O–H groups in total. The molecule has 1 aromatic heterocycles. The maximum Gasteiger partial charge on any atom is 0.387 e. The van der Waals surface area contributed by atoms with E-state index in [0.717, 1.165) is 60.3 Å². The van der Waals surface area contributed by atoms with Gasteiger partial charge < -0.3 is 10.1 Å². The summed E-state index contributed by atoms with van der Waals surface area (Å²) in [6, 6.07) is 24.2. The summed E-state index contributed by atoms with van der Waals surface area (Å²) in [6.45, 7) is 5.75. The molecule has 2 atom stereocenters. The summed E-state index contributed by atoms with van der Waals surface area (Å²) >= 11 is 0. The number of aryl methyl sites for hydroxylation is 1. The molecule has 48 heavy (non-hydrogen) atoms. The highest BCUT2D eigenvalue weighted by Gasteiger charge is 2.41. The molecule has 3 heterocycles. The van der Waals surface area contributed by atoms with E-state index in [1.54, 1.807) is 16.8 Å². The minimum atomic E-state index is -2.89. The number of amides is 2. The highest BCUT2D eigenvalue weighted by atomic mass is 19.3. The molecule has 2 saturated heterocycles. The van der Waals surface area contributed by atoms with Gasteiger partial charge in [0.15, 0.2) is 5.78 Å². The van der Waals surface area contributed by atoms with Crippen LogP contribution in [0, 0.1) is 12.8 Å². The highest BCUT2D eigenvalue weighted by Crippen LogP contribution is 2.40. The monoisotopic (exact) mass is 655 g/mol. The molecular weight excluding hydrogens is 612 g/mol. The van der Waals surface area contributed by atoms with Crippen molar-refractivity contribution in [3.8, 4) is 11.4 Å². The maximum atomic E-state index is 13.2. The third kappa shape index (κ3) is 7.93. The number of benzene rings is 3. The lowest BCUT2D eigenvalue weighted by atomic mass is 9.85. The van der Waals surface area contributed by atoms with Gasteiger partial charge in [-0.2, -0.15) is 13.9 Å². The van der Waals surface area contributed by atoms with Crippen LogP contribution >= 0.6 is 0 Å². The van der Waals surface area contributed by atoms with Gasteiger partial charge in [-0.25, -0.2) is 9.48 Å². The number of nitrogens with one attached hydrogen (secondary N) is 2. The number of nitrogens with zero attached hydrogens (tertiary/aromatic N) is 3. The lowest BCUT2D eigenvalue weighted by molar-refractivity contribution is -0.0498. The Bertz CT molecular complexity index is 1730. The number of fused-ring (bicyclic) bond motifs is 2. The largest absolute Gasteiger partial charge is 0.435 e. The summed E-state index contributed by atoms with van der Waals surface area (Å²) in [5.41, 5.74) is 5.08. The second-order valence-electron chi connectivity index (χ2n) is 14.1. The molecule has 0 saturated carbocycles. The first-order chi connectivity index (χ1) is 22.9. The fourth-order valence-corrected chi connectivity index (χ4v) is 7.00. The Morgan fingerprint density at radius 3 is 2.27 bits per heavy atom. The Morgan fingerprint density at radius 2 is 1.62 bits per heavy atom. The normalized spacial score (nSPS) is 19.4. The number of piperidine rings is 1. The minimum absolute atomic E-state index is 0.0115. The SMILES string of the molecule is Cc1ccc(-n2nc(C(C)(C)C)cc2NC(=O)Nc2cccc(CC3CC4CCC(C3)N4CC(=O)c3ccc(OC(F)F)cc3)c2)cc1. The van der Waals surface area contributed by atoms with Crippen LogP contribution in [0.5, 0.6) is 5.75 Å². The van der Waals surface area contributed by atoms with E-state index in [-0.39, 0.29) is 23.0 Å². The van der Waals surface area contributed by atoms with E-state index in [9.17, 15) is 18.4 Å². The Morgan fingerprint density at radius 1 is 0.938 bits per heavy atom. The van der Waals surface area contributed by atoms with Crippen LogP contribution in [0.1, 0.15) is 73.6 Å². The van der Waals surface area contributed by atoms with E-state index < -0.39 is 6.61 Å². The zero-order chi connectivity index (χ0) is 34.0. The van der Waals surface area contributed by atoms with Crippen molar-refractivity contribution < 1.29 is 23.1 Å². The van der Waals surface area contributed by atoms with Crippen molar-refractivity contribution in [3.05, 3.63) is 101 Å². The average Bonchev–Trinajstić information content (AvgIpc) is 3.54. The van der Waals surface area contributed by atoms with Gasteiger partial charge in [0.05, 0.1) is 17.9 Å². The van der Waals surface area contributed by atoms with Crippen LogP contribution in [-0.4, -0.2) is 51.7 Å². The number of alkyl halides is 2. The molecule has 3 aromatic carbocycles. The number of anilines is 2. The van der Waals surface area contributed by atoms with Gasteiger partial charge in [-0.3, -0.25) is 15.0 Å². The molecule has 4 aromatic rings. The highest BCUT2D eigenvalue weighted by molar-refractivity contribution is 5.99. The van der Waals surface area contributed by atoms with Crippen molar-refractivity contribution in [2.24, 2.45) is 5.92 Å². The van der Waals surface area contributed by atoms with Gasteiger partial charge >= 0.3 is 12.6 Å². The second kappa shape index (κ2) is 13.9. The zero-order valence-electron chi connectivity index (χ0n) is 27.9. The van der Waals surface area contributed by atoms with E-state index in [0.29, 0.717) is 35.9 Å². The zero-order valence-corrected chi connectivity index (χ0v) is 27.9. The molecule has 2 amide bonds. The lowest BCUT2D eigenvalue weighted by Gasteiger charge is -2.38. The number of halogens is 2. The van der Waals surface area contributed by atoms with E-state index in [2.05, 4.69) is 47.1 Å². The van der Waals surface area contributed by atoms with Gasteiger partial charge in [-0.05, 0) is 99.0 Å². The Balaban J connectivity index is 1.06. The molecule has 2 bridgehead atoms. The smallest absolute Gasteiger partial charge is 0.387 e. The molecule has 0 radical (unpaired) electrons. The van der Waals surface area contributed by atoms with Crippen molar-refractivity contribution >= 4 is 23.3 Å². The fraction of sp³-hybridized carbons (Fsp3) is 0.395. The molecule has 2 aliphatic heterocycles. The van der Waals surface area contributed by atoms with Gasteiger partial charge in [0, 0.05) is 34.8 Å². The Kier molecular flexibility index (Phi) is 9.64. The van der Waals surface area contributed by atoms with Crippen LogP contribution in [0.2, 0.25) is 0 Å². The first-order valence-corrected chi connectivity index (χ1v) is 16.6. The van der Waals surface area contributed by atoms with Crippen molar-refractivity contribution in [2.75, 3.05) is 17.2 Å². The summed E-state index contributed by atoms with van der Waals surface area (Å²) in [5.74, 6) is 1.10. The average molecular weight is 656 g/mol. The van der Waals surface area contributed by atoms with Gasteiger partial charge in [0.25, 0.3) is 0 Å². The van der Waals surface area contributed by atoms with Crippen molar-refractivity contribution in [3.63, 3.8) is 0 Å².